The Balaban J connectivity index is 1.97. The molecule has 122 valence electrons. The van der Waals surface area contributed by atoms with Gasteiger partial charge in [0.05, 0.1) is 24.7 Å². The zero-order chi connectivity index (χ0) is 16.2. The first-order valence-corrected chi connectivity index (χ1v) is 7.37. The number of amides is 1. The molecule has 0 spiro atoms. The van der Waals surface area contributed by atoms with E-state index in [0.29, 0.717) is 13.2 Å². The molecule has 0 aliphatic carbocycles. The van der Waals surface area contributed by atoms with Gasteiger partial charge in [-0.3, -0.25) is 4.79 Å². The maximum atomic E-state index is 13.0. The summed E-state index contributed by atoms with van der Waals surface area (Å²) in [5.41, 5.74) is -0.310. The summed E-state index contributed by atoms with van der Waals surface area (Å²) in [4.78, 5) is 12.1. The minimum Gasteiger partial charge on any atom is -0.395 e. The fourth-order valence-corrected chi connectivity index (χ4v) is 2.49. The summed E-state index contributed by atoms with van der Waals surface area (Å²) < 4.78 is 18.7. The fourth-order valence-electron chi connectivity index (χ4n) is 2.49. The van der Waals surface area contributed by atoms with Gasteiger partial charge in [-0.2, -0.15) is 0 Å². The van der Waals surface area contributed by atoms with Crippen LogP contribution in [0.1, 0.15) is 25.0 Å². The van der Waals surface area contributed by atoms with Crippen LogP contribution in [0.2, 0.25) is 0 Å². The first kappa shape index (κ1) is 16.9. The largest absolute Gasteiger partial charge is 0.395 e. The number of nitrogens with one attached hydrogen (secondary N) is 1. The molecule has 1 aliphatic heterocycles. The average Bonchev–Trinajstić information content (AvgIpc) is 3.01. The van der Waals surface area contributed by atoms with E-state index in [1.54, 1.807) is 12.1 Å². The van der Waals surface area contributed by atoms with Crippen LogP contribution in [-0.2, 0) is 9.53 Å². The second-order valence-electron chi connectivity index (χ2n) is 5.98. The van der Waals surface area contributed by atoms with Crippen LogP contribution in [0, 0.1) is 17.2 Å². The van der Waals surface area contributed by atoms with Gasteiger partial charge >= 0.3 is 0 Å². The van der Waals surface area contributed by atoms with Crippen molar-refractivity contribution >= 4 is 5.91 Å². The first-order chi connectivity index (χ1) is 10.5. The van der Waals surface area contributed by atoms with Crippen LogP contribution in [0.3, 0.4) is 0 Å². The third kappa shape index (κ3) is 3.63. The van der Waals surface area contributed by atoms with Crippen molar-refractivity contribution in [2.45, 2.75) is 19.4 Å². The number of hydrogen-bond acceptors (Lipinski definition) is 4. The zero-order valence-electron chi connectivity index (χ0n) is 12.6. The second-order valence-corrected chi connectivity index (χ2v) is 5.98. The summed E-state index contributed by atoms with van der Waals surface area (Å²) in [6.45, 7) is 1.64. The molecule has 0 bridgehead atoms. The lowest BCUT2D eigenvalue weighted by atomic mass is 9.90. The third-order valence-electron chi connectivity index (χ3n) is 4.18. The molecular weight excluding hydrogens is 289 g/mol. The van der Waals surface area contributed by atoms with E-state index in [2.05, 4.69) is 5.32 Å². The smallest absolute Gasteiger partial charge is 0.230 e. The Morgan fingerprint density at radius 1 is 1.36 bits per heavy atom. The molecule has 3 N–H and O–H groups in total. The lowest BCUT2D eigenvalue weighted by molar-refractivity contribution is -0.135. The predicted octanol–water partition coefficient (Wildman–Crippen LogP) is 1.01. The minimum atomic E-state index is -1.19. The Morgan fingerprint density at radius 3 is 2.59 bits per heavy atom. The van der Waals surface area contributed by atoms with Crippen molar-refractivity contribution in [1.29, 1.82) is 0 Å². The molecule has 0 aromatic heterocycles. The number of carbonyl (C=O) groups is 1. The predicted molar refractivity (Wildman–Crippen MR) is 78.5 cm³/mol. The van der Waals surface area contributed by atoms with E-state index in [9.17, 15) is 19.4 Å². The highest BCUT2D eigenvalue weighted by Gasteiger charge is 2.34. The van der Waals surface area contributed by atoms with Crippen molar-refractivity contribution in [3.63, 3.8) is 0 Å². The molecule has 2 rings (SSSR count). The lowest BCUT2D eigenvalue weighted by Gasteiger charge is -2.25. The van der Waals surface area contributed by atoms with E-state index in [0.717, 1.165) is 12.0 Å². The summed E-state index contributed by atoms with van der Waals surface area (Å²) in [7, 11) is 0. The second kappa shape index (κ2) is 7.17. The molecule has 1 fully saturated rings. The summed E-state index contributed by atoms with van der Waals surface area (Å²) in [5.74, 6) is -0.605. The van der Waals surface area contributed by atoms with Crippen molar-refractivity contribution in [2.75, 3.05) is 26.4 Å². The summed E-state index contributed by atoms with van der Waals surface area (Å²) in [5, 5.41) is 21.2. The van der Waals surface area contributed by atoms with Gasteiger partial charge in [0.2, 0.25) is 5.91 Å². The van der Waals surface area contributed by atoms with Crippen LogP contribution < -0.4 is 5.32 Å². The summed E-state index contributed by atoms with van der Waals surface area (Å²) in [6, 6.07) is 6.15. The fraction of sp³-hybridized carbons (Fsp3) is 0.562. The molecular formula is C16H22FNO4. The summed E-state index contributed by atoms with van der Waals surface area (Å²) >= 11 is 0. The van der Waals surface area contributed by atoms with Gasteiger partial charge in [0.25, 0.3) is 0 Å². The molecule has 1 heterocycles. The van der Waals surface area contributed by atoms with Crippen molar-refractivity contribution in [3.05, 3.63) is 35.6 Å². The van der Waals surface area contributed by atoms with Crippen molar-refractivity contribution in [2.24, 2.45) is 11.3 Å². The maximum absolute atomic E-state index is 13.0. The topological polar surface area (TPSA) is 78.8 Å². The number of halogens is 1. The van der Waals surface area contributed by atoms with Gasteiger partial charge in [0.15, 0.2) is 0 Å². The monoisotopic (exact) mass is 311 g/mol. The Morgan fingerprint density at radius 2 is 2.00 bits per heavy atom. The number of carbonyl (C=O) groups excluding carboxylic acids is 1. The number of rotatable bonds is 6. The molecule has 0 radical (unpaired) electrons. The van der Waals surface area contributed by atoms with Crippen molar-refractivity contribution in [3.8, 4) is 0 Å². The van der Waals surface area contributed by atoms with E-state index in [1.165, 1.54) is 19.1 Å². The van der Waals surface area contributed by atoms with Crippen LogP contribution in [0.25, 0.3) is 0 Å². The highest BCUT2D eigenvalue weighted by atomic mass is 19.1. The van der Waals surface area contributed by atoms with Gasteiger partial charge < -0.3 is 20.3 Å². The van der Waals surface area contributed by atoms with E-state index in [1.807, 2.05) is 0 Å². The van der Waals surface area contributed by atoms with Crippen LogP contribution in [0.5, 0.6) is 0 Å². The number of aliphatic hydroxyl groups excluding tert-OH is 2. The zero-order valence-corrected chi connectivity index (χ0v) is 12.6. The quantitative estimate of drug-likeness (QED) is 0.733. The number of aliphatic hydroxyl groups is 2. The standard InChI is InChI=1S/C16H22FNO4/c1-16(9-19,10-20)15(21)18-8-12-6-7-22-14(12)11-2-4-13(17)5-3-11/h2-5,12,14,19-20H,6-10H2,1H3,(H,18,21)/t12-,14-/m0/s1. The molecule has 1 aliphatic rings. The third-order valence-corrected chi connectivity index (χ3v) is 4.18. The average molecular weight is 311 g/mol. The molecule has 5 nitrogen and oxygen atoms in total. The van der Waals surface area contributed by atoms with Crippen LogP contribution in [0.15, 0.2) is 24.3 Å². The Hall–Kier alpha value is -1.50. The molecule has 2 atom stereocenters. The van der Waals surface area contributed by atoms with E-state index >= 15 is 0 Å². The van der Waals surface area contributed by atoms with Crippen molar-refractivity contribution in [1.82, 2.24) is 5.32 Å². The summed E-state index contributed by atoms with van der Waals surface area (Å²) in [6.07, 6.45) is 0.604. The molecule has 0 unspecified atom stereocenters. The maximum Gasteiger partial charge on any atom is 0.230 e. The van der Waals surface area contributed by atoms with Gasteiger partial charge in [-0.05, 0) is 31.0 Å². The Kier molecular flexibility index (Phi) is 5.50. The normalized spacial score (nSPS) is 21.8. The molecule has 1 aromatic rings. The van der Waals surface area contributed by atoms with Gasteiger partial charge in [-0.25, -0.2) is 4.39 Å². The molecule has 1 amide bonds. The van der Waals surface area contributed by atoms with Gasteiger partial charge in [0, 0.05) is 19.1 Å². The molecule has 1 aromatic carbocycles. The Bertz CT molecular complexity index is 501. The van der Waals surface area contributed by atoms with Gasteiger partial charge in [-0.15, -0.1) is 0 Å². The van der Waals surface area contributed by atoms with Crippen LogP contribution >= 0.6 is 0 Å². The van der Waals surface area contributed by atoms with Gasteiger partial charge in [-0.1, -0.05) is 12.1 Å². The number of benzene rings is 1. The molecule has 6 heteroatoms. The van der Waals surface area contributed by atoms with E-state index in [4.69, 9.17) is 4.74 Å². The highest BCUT2D eigenvalue weighted by Crippen LogP contribution is 2.34. The first-order valence-electron chi connectivity index (χ1n) is 7.37. The number of ether oxygens (including phenoxy) is 1. The molecule has 0 saturated carbocycles. The van der Waals surface area contributed by atoms with Crippen molar-refractivity contribution < 1.29 is 24.1 Å². The number of hydrogen-bond donors (Lipinski definition) is 3. The SMILES string of the molecule is CC(CO)(CO)C(=O)NC[C@@H]1CCO[C@H]1c1ccc(F)cc1. The van der Waals surface area contributed by atoms with E-state index in [-0.39, 0.29) is 23.7 Å². The Labute approximate surface area is 129 Å². The highest BCUT2D eigenvalue weighted by molar-refractivity contribution is 5.82. The van der Waals surface area contributed by atoms with E-state index < -0.39 is 18.6 Å². The van der Waals surface area contributed by atoms with Crippen LogP contribution in [0.4, 0.5) is 4.39 Å². The minimum absolute atomic E-state index is 0.0797. The van der Waals surface area contributed by atoms with Crippen LogP contribution in [-0.4, -0.2) is 42.5 Å². The van der Waals surface area contributed by atoms with Gasteiger partial charge in [0.1, 0.15) is 5.82 Å². The molecule has 22 heavy (non-hydrogen) atoms. The lowest BCUT2D eigenvalue weighted by Crippen LogP contribution is -2.45. The molecule has 1 saturated heterocycles.